The molecule has 8 nitrogen and oxygen atoms in total. The molecule has 4 rings (SSSR count). The summed E-state index contributed by atoms with van der Waals surface area (Å²) >= 11 is 2.86. The zero-order chi connectivity index (χ0) is 22.3. The Morgan fingerprint density at radius 2 is 1.75 bits per heavy atom. The summed E-state index contributed by atoms with van der Waals surface area (Å²) in [5.41, 5.74) is 8.00. The third-order valence-electron chi connectivity index (χ3n) is 4.43. The third-order valence-corrected chi connectivity index (χ3v) is 6.24. The highest BCUT2D eigenvalue weighted by Crippen LogP contribution is 2.23. The predicted molar refractivity (Wildman–Crippen MR) is 124 cm³/mol. The van der Waals surface area contributed by atoms with Crippen LogP contribution in [0.25, 0.3) is 11.0 Å². The molecule has 0 aliphatic rings. The quantitative estimate of drug-likeness (QED) is 0.247. The fraction of sp³-hybridized carbons (Fsp3) is 0.0909. The van der Waals surface area contributed by atoms with E-state index in [0.717, 1.165) is 21.8 Å². The Bertz CT molecular complexity index is 1200. The van der Waals surface area contributed by atoms with Crippen molar-refractivity contribution in [3.63, 3.8) is 0 Å². The smallest absolute Gasteiger partial charge is 0.269 e. The number of carbonyl (C=O) groups excluding carboxylic acids is 3. The summed E-state index contributed by atoms with van der Waals surface area (Å²) in [6, 6.07) is 18.4. The lowest BCUT2D eigenvalue weighted by molar-refractivity contribution is -0.120. The Hall–Kier alpha value is -3.63. The number of thiophene rings is 1. The maximum absolute atomic E-state index is 12.2. The van der Waals surface area contributed by atoms with Crippen LogP contribution in [0.2, 0.25) is 0 Å². The molecule has 0 saturated carbocycles. The first-order valence-corrected chi connectivity index (χ1v) is 11.5. The van der Waals surface area contributed by atoms with E-state index in [-0.39, 0.29) is 12.5 Å². The molecule has 0 bridgehead atoms. The molecule has 0 aliphatic heterocycles. The van der Waals surface area contributed by atoms with E-state index < -0.39 is 11.8 Å². The number of hydrogen-bond acceptors (Lipinski definition) is 6. The number of nitrogens with one attached hydrogen (secondary N) is 4. The molecule has 10 heteroatoms. The van der Waals surface area contributed by atoms with Crippen molar-refractivity contribution >= 4 is 51.9 Å². The molecule has 0 atom stereocenters. The molecule has 0 fully saturated rings. The maximum atomic E-state index is 12.2. The van der Waals surface area contributed by atoms with Gasteiger partial charge in [-0.1, -0.05) is 42.1 Å². The number of thioether (sulfide) groups is 1. The first-order chi connectivity index (χ1) is 15.6. The van der Waals surface area contributed by atoms with E-state index in [1.807, 2.05) is 36.4 Å². The minimum Gasteiger partial charge on any atom is -0.342 e. The molecule has 0 aliphatic carbocycles. The Balaban J connectivity index is 1.22. The maximum Gasteiger partial charge on any atom is 0.269 e. The van der Waals surface area contributed by atoms with Gasteiger partial charge in [0.1, 0.15) is 0 Å². The van der Waals surface area contributed by atoms with Crippen LogP contribution in [0, 0.1) is 0 Å². The number of H-pyrrole nitrogens is 1. The van der Waals surface area contributed by atoms with Crippen molar-refractivity contribution in [2.45, 2.75) is 10.9 Å². The lowest BCUT2D eigenvalue weighted by Gasteiger charge is -2.08. The number of nitrogens with zero attached hydrogens (tertiary/aromatic N) is 1. The van der Waals surface area contributed by atoms with E-state index in [9.17, 15) is 14.4 Å². The zero-order valence-electron chi connectivity index (χ0n) is 16.8. The second kappa shape index (κ2) is 10.1. The van der Waals surface area contributed by atoms with Crippen molar-refractivity contribution < 1.29 is 14.4 Å². The van der Waals surface area contributed by atoms with Gasteiger partial charge < -0.3 is 10.3 Å². The lowest BCUT2D eigenvalue weighted by atomic mass is 10.1. The number of fused-ring (bicyclic) bond motifs is 1. The molecule has 32 heavy (non-hydrogen) atoms. The topological polar surface area (TPSA) is 116 Å². The van der Waals surface area contributed by atoms with Gasteiger partial charge in [0, 0.05) is 11.3 Å². The van der Waals surface area contributed by atoms with E-state index in [0.29, 0.717) is 16.2 Å². The van der Waals surface area contributed by atoms with Crippen molar-refractivity contribution in [2.24, 2.45) is 0 Å². The van der Waals surface area contributed by atoms with Gasteiger partial charge in [0.15, 0.2) is 5.16 Å². The number of hydrogen-bond donors (Lipinski definition) is 4. The summed E-state index contributed by atoms with van der Waals surface area (Å²) in [6.07, 6.45) is 0. The lowest BCUT2D eigenvalue weighted by Crippen LogP contribution is -2.46. The monoisotopic (exact) mass is 465 g/mol. The molecule has 2 heterocycles. The van der Waals surface area contributed by atoms with Crippen LogP contribution in [-0.4, -0.2) is 34.2 Å². The van der Waals surface area contributed by atoms with Crippen LogP contribution in [0.5, 0.6) is 0 Å². The van der Waals surface area contributed by atoms with E-state index >= 15 is 0 Å². The summed E-state index contributed by atoms with van der Waals surface area (Å²) < 4.78 is 0. The van der Waals surface area contributed by atoms with Crippen LogP contribution in [0.4, 0.5) is 0 Å². The van der Waals surface area contributed by atoms with Crippen LogP contribution >= 0.6 is 23.1 Å². The first-order valence-electron chi connectivity index (χ1n) is 9.66. The predicted octanol–water partition coefficient (Wildman–Crippen LogP) is 3.11. The molecule has 0 saturated heterocycles. The van der Waals surface area contributed by atoms with E-state index in [1.54, 1.807) is 41.4 Å². The molecule has 4 N–H and O–H groups in total. The molecule has 0 spiro atoms. The van der Waals surface area contributed by atoms with Crippen LogP contribution in [0.3, 0.4) is 0 Å². The normalized spacial score (nSPS) is 10.6. The minimum absolute atomic E-state index is 0.241. The van der Waals surface area contributed by atoms with Crippen LogP contribution < -0.4 is 16.2 Å². The van der Waals surface area contributed by atoms with E-state index in [4.69, 9.17) is 0 Å². The number of carbonyl (C=O) groups is 3. The average Bonchev–Trinajstić information content (AvgIpc) is 3.50. The molecule has 2 aromatic carbocycles. The van der Waals surface area contributed by atoms with Crippen molar-refractivity contribution in [3.05, 3.63) is 82.0 Å². The highest BCUT2D eigenvalue weighted by atomic mass is 32.2. The van der Waals surface area contributed by atoms with Crippen molar-refractivity contribution in [1.82, 2.24) is 26.1 Å². The number of aromatic nitrogens is 2. The number of amides is 3. The number of rotatable bonds is 7. The summed E-state index contributed by atoms with van der Waals surface area (Å²) in [7, 11) is 0. The highest BCUT2D eigenvalue weighted by Gasteiger charge is 2.11. The standard InChI is InChI=1S/C22H19N5O3S2/c28-19(12-23-21(30)18-6-3-11-31-18)26-27-20(29)15-9-7-14(8-10-15)13-32-22-24-16-4-1-2-5-17(16)25-22/h1-11H,12-13H2,(H,23,30)(H,24,25)(H,26,28)(H,27,29). The van der Waals surface area contributed by atoms with Gasteiger partial charge in [0.05, 0.1) is 22.5 Å². The molecule has 0 radical (unpaired) electrons. The van der Waals surface area contributed by atoms with E-state index in [1.165, 1.54) is 11.3 Å². The summed E-state index contributed by atoms with van der Waals surface area (Å²) in [4.78, 5) is 44.2. The Labute approximate surface area is 191 Å². The largest absolute Gasteiger partial charge is 0.342 e. The Morgan fingerprint density at radius 1 is 0.938 bits per heavy atom. The fourth-order valence-electron chi connectivity index (χ4n) is 2.80. The average molecular weight is 466 g/mol. The van der Waals surface area contributed by atoms with Gasteiger partial charge in [-0.3, -0.25) is 25.2 Å². The summed E-state index contributed by atoms with van der Waals surface area (Å²) in [6.45, 7) is -0.241. The first kappa shape index (κ1) is 21.6. The molecule has 162 valence electrons. The SMILES string of the molecule is O=C(CNC(=O)c1cccs1)NNC(=O)c1ccc(CSc2nc3ccccc3[nH]2)cc1. The number of para-hydroxylation sites is 2. The van der Waals surface area contributed by atoms with Crippen molar-refractivity contribution in [3.8, 4) is 0 Å². The minimum atomic E-state index is -0.526. The highest BCUT2D eigenvalue weighted by molar-refractivity contribution is 7.98. The Morgan fingerprint density at radius 3 is 2.50 bits per heavy atom. The number of imidazole rings is 1. The third kappa shape index (κ3) is 5.54. The number of hydrazine groups is 1. The zero-order valence-corrected chi connectivity index (χ0v) is 18.4. The van der Waals surface area contributed by atoms with Gasteiger partial charge >= 0.3 is 0 Å². The van der Waals surface area contributed by atoms with Crippen molar-refractivity contribution in [2.75, 3.05) is 6.54 Å². The van der Waals surface area contributed by atoms with Gasteiger partial charge in [-0.15, -0.1) is 11.3 Å². The number of benzene rings is 2. The van der Waals surface area contributed by atoms with Gasteiger partial charge in [-0.25, -0.2) is 4.98 Å². The van der Waals surface area contributed by atoms with Crippen LogP contribution in [0.1, 0.15) is 25.6 Å². The molecule has 2 aromatic heterocycles. The molecular weight excluding hydrogens is 446 g/mol. The summed E-state index contributed by atoms with van der Waals surface area (Å²) in [5, 5.41) is 5.10. The Kier molecular flexibility index (Phi) is 6.83. The molecular formula is C22H19N5O3S2. The second-order valence-electron chi connectivity index (χ2n) is 6.71. The van der Waals surface area contributed by atoms with Gasteiger partial charge in [0.2, 0.25) is 0 Å². The van der Waals surface area contributed by atoms with Crippen LogP contribution in [-0.2, 0) is 10.5 Å². The van der Waals surface area contributed by atoms with Gasteiger partial charge in [0.25, 0.3) is 17.7 Å². The number of aromatic amines is 1. The molecule has 0 unspecified atom stereocenters. The van der Waals surface area contributed by atoms with Gasteiger partial charge in [-0.2, -0.15) is 0 Å². The van der Waals surface area contributed by atoms with Gasteiger partial charge in [-0.05, 0) is 41.3 Å². The second-order valence-corrected chi connectivity index (χ2v) is 8.62. The summed E-state index contributed by atoms with van der Waals surface area (Å²) in [5.74, 6) is -0.610. The van der Waals surface area contributed by atoms with Crippen molar-refractivity contribution in [1.29, 1.82) is 0 Å². The molecule has 4 aromatic rings. The molecule has 3 amide bonds. The van der Waals surface area contributed by atoms with Crippen LogP contribution in [0.15, 0.2) is 71.2 Å². The van der Waals surface area contributed by atoms with E-state index in [2.05, 4.69) is 26.1 Å². The fourth-order valence-corrected chi connectivity index (χ4v) is 4.28.